The molecule has 0 aliphatic carbocycles. The highest BCUT2D eigenvalue weighted by Gasteiger charge is 2.06. The van der Waals surface area contributed by atoms with Crippen molar-refractivity contribution in [1.29, 1.82) is 0 Å². The Morgan fingerprint density at radius 1 is 1.33 bits per heavy atom. The largest absolute Gasteiger partial charge is 0.355 e. The predicted molar refractivity (Wildman–Crippen MR) is 56.6 cm³/mol. The number of nitrogens with two attached hydrogens (primary N) is 1. The summed E-state index contributed by atoms with van der Waals surface area (Å²) in [5.74, 6) is -0.432. The van der Waals surface area contributed by atoms with E-state index in [4.69, 9.17) is 5.14 Å². The normalized spacial score (nSPS) is 11.1. The molecule has 0 unspecified atom stereocenters. The number of hydrogen-bond donors (Lipinski definition) is 2. The van der Waals surface area contributed by atoms with Crippen molar-refractivity contribution >= 4 is 15.9 Å². The van der Waals surface area contributed by atoms with E-state index in [2.05, 4.69) is 5.32 Å². The lowest BCUT2D eigenvalue weighted by atomic mass is 10.1. The Kier molecular flexibility index (Phi) is 3.43. The van der Waals surface area contributed by atoms with Crippen molar-refractivity contribution in [3.63, 3.8) is 0 Å². The van der Waals surface area contributed by atoms with E-state index in [1.807, 2.05) is 0 Å². The topological polar surface area (TPSA) is 89.3 Å². The number of carbonyl (C=O) groups excluding carboxylic acids is 1. The number of primary sulfonamides is 1. The molecule has 0 saturated heterocycles. The molecule has 0 aliphatic heterocycles. The first-order valence-electron chi connectivity index (χ1n) is 4.24. The molecule has 3 N–H and O–H groups in total. The van der Waals surface area contributed by atoms with Crippen LogP contribution in [0.1, 0.15) is 15.9 Å². The summed E-state index contributed by atoms with van der Waals surface area (Å²) in [6, 6.07) is 6.24. The molecule has 1 amide bonds. The van der Waals surface area contributed by atoms with Crippen LogP contribution in [0.5, 0.6) is 0 Å². The minimum atomic E-state index is -3.52. The quantitative estimate of drug-likeness (QED) is 0.753. The van der Waals surface area contributed by atoms with Gasteiger partial charge >= 0.3 is 0 Å². The summed E-state index contributed by atoms with van der Waals surface area (Å²) in [6.45, 7) is 0. The van der Waals surface area contributed by atoms with Gasteiger partial charge in [0, 0.05) is 12.6 Å². The number of nitrogens with one attached hydrogen (secondary N) is 1. The first-order chi connectivity index (χ1) is 6.92. The number of amides is 1. The Morgan fingerprint density at radius 2 is 1.87 bits per heavy atom. The third kappa shape index (κ3) is 3.69. The van der Waals surface area contributed by atoms with Gasteiger partial charge in [-0.2, -0.15) is 0 Å². The smallest absolute Gasteiger partial charge is 0.251 e. The lowest BCUT2D eigenvalue weighted by Crippen LogP contribution is -2.18. The average Bonchev–Trinajstić information content (AvgIpc) is 2.15. The first-order valence-corrected chi connectivity index (χ1v) is 5.95. The van der Waals surface area contributed by atoms with Crippen LogP contribution in [0, 0.1) is 0 Å². The van der Waals surface area contributed by atoms with Crippen molar-refractivity contribution in [1.82, 2.24) is 5.32 Å². The molecule has 0 aliphatic rings. The summed E-state index contributed by atoms with van der Waals surface area (Å²) in [6.07, 6.45) is 0. The third-order valence-corrected chi connectivity index (χ3v) is 2.55. The second-order valence-electron chi connectivity index (χ2n) is 3.08. The summed E-state index contributed by atoms with van der Waals surface area (Å²) < 4.78 is 21.5. The van der Waals surface area contributed by atoms with Crippen molar-refractivity contribution in [3.05, 3.63) is 35.4 Å². The fourth-order valence-corrected chi connectivity index (χ4v) is 1.79. The molecule has 0 spiro atoms. The van der Waals surface area contributed by atoms with Gasteiger partial charge in [0.25, 0.3) is 5.91 Å². The Hall–Kier alpha value is -1.40. The summed E-state index contributed by atoms with van der Waals surface area (Å²) in [5, 5.41) is 7.35. The zero-order chi connectivity index (χ0) is 11.5. The summed E-state index contributed by atoms with van der Waals surface area (Å²) in [5.41, 5.74) is 1.04. The van der Waals surface area contributed by atoms with Crippen LogP contribution in [0.15, 0.2) is 24.3 Å². The van der Waals surface area contributed by atoms with Gasteiger partial charge in [0.2, 0.25) is 10.0 Å². The van der Waals surface area contributed by atoms with Crippen molar-refractivity contribution < 1.29 is 13.2 Å². The molecule has 82 valence electrons. The first kappa shape index (κ1) is 11.7. The SMILES string of the molecule is CNC(=O)c1ccc(CS(N)(=O)=O)cc1. The maximum atomic E-state index is 11.2. The number of carbonyl (C=O) groups is 1. The van der Waals surface area contributed by atoms with Crippen molar-refractivity contribution in [3.8, 4) is 0 Å². The lowest BCUT2D eigenvalue weighted by molar-refractivity contribution is 0.0963. The van der Waals surface area contributed by atoms with Gasteiger partial charge in [-0.3, -0.25) is 4.79 Å². The molecule has 1 aromatic carbocycles. The maximum Gasteiger partial charge on any atom is 0.251 e. The zero-order valence-corrected chi connectivity index (χ0v) is 9.04. The van der Waals surface area contributed by atoms with Crippen LogP contribution >= 0.6 is 0 Å². The van der Waals surface area contributed by atoms with Crippen LogP contribution in [0.3, 0.4) is 0 Å². The lowest BCUT2D eigenvalue weighted by Gasteiger charge is -2.02. The molecule has 0 bridgehead atoms. The van der Waals surface area contributed by atoms with Crippen LogP contribution in [0.2, 0.25) is 0 Å². The second-order valence-corrected chi connectivity index (χ2v) is 4.70. The van der Waals surface area contributed by atoms with Crippen LogP contribution in [-0.2, 0) is 15.8 Å². The van der Waals surface area contributed by atoms with E-state index in [1.54, 1.807) is 24.3 Å². The fraction of sp³-hybridized carbons (Fsp3) is 0.222. The molecule has 6 heteroatoms. The minimum Gasteiger partial charge on any atom is -0.355 e. The number of rotatable bonds is 3. The average molecular weight is 228 g/mol. The second kappa shape index (κ2) is 4.41. The molecule has 0 atom stereocenters. The van der Waals surface area contributed by atoms with E-state index >= 15 is 0 Å². The highest BCUT2D eigenvalue weighted by atomic mass is 32.2. The molecule has 0 saturated carbocycles. The van der Waals surface area contributed by atoms with Gasteiger partial charge in [0.1, 0.15) is 0 Å². The van der Waals surface area contributed by atoms with Crippen molar-refractivity contribution in [2.75, 3.05) is 7.05 Å². The summed E-state index contributed by atoms with van der Waals surface area (Å²) in [7, 11) is -1.99. The van der Waals surface area contributed by atoms with E-state index in [-0.39, 0.29) is 11.7 Å². The van der Waals surface area contributed by atoms with Crippen molar-refractivity contribution in [2.45, 2.75) is 5.75 Å². The number of benzene rings is 1. The fourth-order valence-electron chi connectivity index (χ4n) is 1.13. The highest BCUT2D eigenvalue weighted by molar-refractivity contribution is 7.88. The van der Waals surface area contributed by atoms with Gasteiger partial charge in [-0.15, -0.1) is 0 Å². The molecule has 0 aromatic heterocycles. The monoisotopic (exact) mass is 228 g/mol. The molecule has 1 aromatic rings. The Labute approximate surface area is 88.3 Å². The van der Waals surface area contributed by atoms with E-state index in [9.17, 15) is 13.2 Å². The minimum absolute atomic E-state index is 0.211. The molecule has 0 heterocycles. The molecule has 5 nitrogen and oxygen atoms in total. The summed E-state index contributed by atoms with van der Waals surface area (Å²) in [4.78, 5) is 11.2. The summed E-state index contributed by atoms with van der Waals surface area (Å²) >= 11 is 0. The zero-order valence-electron chi connectivity index (χ0n) is 8.23. The van der Waals surface area contributed by atoms with Gasteiger partial charge in [0.15, 0.2) is 0 Å². The van der Waals surface area contributed by atoms with Crippen LogP contribution < -0.4 is 10.5 Å². The van der Waals surface area contributed by atoms with Gasteiger partial charge in [-0.25, -0.2) is 13.6 Å². The highest BCUT2D eigenvalue weighted by Crippen LogP contribution is 2.06. The molecule has 0 radical (unpaired) electrons. The van der Waals surface area contributed by atoms with Crippen LogP contribution in [0.25, 0.3) is 0 Å². The molecule has 0 fully saturated rings. The number of sulfonamides is 1. The molecular weight excluding hydrogens is 216 g/mol. The number of hydrogen-bond acceptors (Lipinski definition) is 3. The van der Waals surface area contributed by atoms with Gasteiger partial charge in [-0.05, 0) is 17.7 Å². The van der Waals surface area contributed by atoms with Crippen LogP contribution in [-0.4, -0.2) is 21.4 Å². The third-order valence-electron chi connectivity index (χ3n) is 1.81. The van der Waals surface area contributed by atoms with Gasteiger partial charge in [0.05, 0.1) is 5.75 Å². The van der Waals surface area contributed by atoms with Gasteiger partial charge < -0.3 is 5.32 Å². The Balaban J connectivity index is 2.86. The van der Waals surface area contributed by atoms with E-state index in [1.165, 1.54) is 7.05 Å². The molecular formula is C9H12N2O3S. The van der Waals surface area contributed by atoms with E-state index < -0.39 is 10.0 Å². The van der Waals surface area contributed by atoms with E-state index in [0.29, 0.717) is 11.1 Å². The predicted octanol–water partition coefficient (Wildman–Crippen LogP) is -0.165. The standard InChI is InChI=1S/C9H12N2O3S/c1-11-9(12)8-4-2-7(3-5-8)6-15(10,13)14/h2-5H,6H2,1H3,(H,11,12)(H2,10,13,14). The maximum absolute atomic E-state index is 11.2. The van der Waals surface area contributed by atoms with Crippen LogP contribution in [0.4, 0.5) is 0 Å². The Morgan fingerprint density at radius 3 is 2.27 bits per heavy atom. The molecule has 15 heavy (non-hydrogen) atoms. The Bertz CT molecular complexity index is 451. The van der Waals surface area contributed by atoms with E-state index in [0.717, 1.165) is 0 Å². The van der Waals surface area contributed by atoms with Crippen molar-refractivity contribution in [2.24, 2.45) is 5.14 Å². The molecule has 1 rings (SSSR count). The van der Waals surface area contributed by atoms with Gasteiger partial charge in [-0.1, -0.05) is 12.1 Å².